The van der Waals surface area contributed by atoms with E-state index < -0.39 is 0 Å². The van der Waals surface area contributed by atoms with Crippen LogP contribution in [0.5, 0.6) is 0 Å². The van der Waals surface area contributed by atoms with Gasteiger partial charge in [-0.15, -0.1) is 11.3 Å². The van der Waals surface area contributed by atoms with Crippen molar-refractivity contribution in [3.05, 3.63) is 22.4 Å². The lowest BCUT2D eigenvalue weighted by atomic mass is 10.0. The van der Waals surface area contributed by atoms with Crippen LogP contribution in [0.3, 0.4) is 0 Å². The van der Waals surface area contributed by atoms with Gasteiger partial charge in [0.15, 0.2) is 5.96 Å². The number of thiophene rings is 1. The number of aliphatic imine (C=N–C) groups is 1. The summed E-state index contributed by atoms with van der Waals surface area (Å²) in [4.78, 5) is 7.96. The van der Waals surface area contributed by atoms with Crippen LogP contribution in [0, 0.1) is 5.92 Å². The Morgan fingerprint density at radius 3 is 3.00 bits per heavy atom. The number of nitrogens with one attached hydrogen (secondary N) is 1. The van der Waals surface area contributed by atoms with Crippen LogP contribution in [0.15, 0.2) is 22.5 Å². The normalized spacial score (nSPS) is 16.3. The molecule has 0 unspecified atom stereocenters. The molecular weight excluding hydrogens is 322 g/mol. The van der Waals surface area contributed by atoms with Crippen LogP contribution >= 0.6 is 11.3 Å². The smallest absolute Gasteiger partial charge is 0.193 e. The van der Waals surface area contributed by atoms with Crippen LogP contribution in [-0.4, -0.2) is 64.5 Å². The van der Waals surface area contributed by atoms with Gasteiger partial charge in [-0.05, 0) is 43.0 Å². The summed E-state index contributed by atoms with van der Waals surface area (Å²) < 4.78 is 11.2. The van der Waals surface area contributed by atoms with Gasteiger partial charge in [-0.3, -0.25) is 4.99 Å². The Kier molecular flexibility index (Phi) is 9.16. The number of rotatable bonds is 9. The fourth-order valence-corrected chi connectivity index (χ4v) is 3.46. The third kappa shape index (κ3) is 7.20. The molecule has 0 radical (unpaired) electrons. The summed E-state index contributed by atoms with van der Waals surface area (Å²) >= 11 is 1.81. The summed E-state index contributed by atoms with van der Waals surface area (Å²) in [5.74, 6) is 1.64. The quantitative estimate of drug-likeness (QED) is 0.421. The zero-order valence-electron chi connectivity index (χ0n) is 15.0. The van der Waals surface area contributed by atoms with Gasteiger partial charge in [-0.1, -0.05) is 6.07 Å². The van der Waals surface area contributed by atoms with Crippen LogP contribution in [0.25, 0.3) is 0 Å². The van der Waals surface area contributed by atoms with E-state index in [0.717, 1.165) is 71.2 Å². The molecule has 5 nitrogen and oxygen atoms in total. The molecule has 1 fully saturated rings. The predicted octanol–water partition coefficient (Wildman–Crippen LogP) is 2.63. The molecule has 24 heavy (non-hydrogen) atoms. The lowest BCUT2D eigenvalue weighted by molar-refractivity contribution is 0.0203. The Bertz CT molecular complexity index is 459. The number of ether oxygens (including phenoxy) is 2. The van der Waals surface area contributed by atoms with Crippen molar-refractivity contribution < 1.29 is 9.47 Å². The van der Waals surface area contributed by atoms with E-state index in [-0.39, 0.29) is 0 Å². The molecule has 0 spiro atoms. The zero-order valence-corrected chi connectivity index (χ0v) is 15.8. The minimum atomic E-state index is 0.683. The first-order valence-corrected chi connectivity index (χ1v) is 9.77. The Morgan fingerprint density at radius 1 is 1.46 bits per heavy atom. The summed E-state index contributed by atoms with van der Waals surface area (Å²) in [5, 5.41) is 5.54. The van der Waals surface area contributed by atoms with Crippen molar-refractivity contribution in [3.63, 3.8) is 0 Å². The van der Waals surface area contributed by atoms with Crippen molar-refractivity contribution >= 4 is 17.3 Å². The number of nitrogens with zero attached hydrogens (tertiary/aromatic N) is 2. The van der Waals surface area contributed by atoms with Crippen LogP contribution < -0.4 is 5.32 Å². The van der Waals surface area contributed by atoms with Gasteiger partial charge in [0.2, 0.25) is 0 Å². The molecule has 6 heteroatoms. The molecule has 0 atom stereocenters. The number of hydrogen-bond donors (Lipinski definition) is 1. The molecule has 1 aromatic heterocycles. The molecule has 1 saturated heterocycles. The third-order valence-corrected chi connectivity index (χ3v) is 5.23. The molecule has 1 aliphatic heterocycles. The molecule has 0 aliphatic carbocycles. The molecule has 1 aromatic rings. The van der Waals surface area contributed by atoms with Gasteiger partial charge in [-0.25, -0.2) is 0 Å². The maximum absolute atomic E-state index is 5.80. The van der Waals surface area contributed by atoms with Gasteiger partial charge in [0.1, 0.15) is 0 Å². The zero-order chi connectivity index (χ0) is 17.0. The fraction of sp³-hybridized carbons (Fsp3) is 0.722. The number of hydrogen-bond acceptors (Lipinski definition) is 4. The summed E-state index contributed by atoms with van der Waals surface area (Å²) in [6.45, 7) is 5.33. The third-order valence-electron chi connectivity index (χ3n) is 4.29. The molecule has 2 rings (SSSR count). The molecule has 0 amide bonds. The largest absolute Gasteiger partial charge is 0.381 e. The summed E-state index contributed by atoms with van der Waals surface area (Å²) in [5.41, 5.74) is 0. The molecule has 1 aliphatic rings. The second-order valence-electron chi connectivity index (χ2n) is 6.21. The predicted molar refractivity (Wildman–Crippen MR) is 101 cm³/mol. The molecule has 136 valence electrons. The summed E-state index contributed by atoms with van der Waals surface area (Å²) in [7, 11) is 3.93. The van der Waals surface area contributed by atoms with Crippen LogP contribution in [-0.2, 0) is 15.9 Å². The molecule has 0 bridgehead atoms. The van der Waals surface area contributed by atoms with E-state index in [9.17, 15) is 0 Å². The Labute approximate surface area is 150 Å². The lowest BCUT2D eigenvalue weighted by Crippen LogP contribution is -2.40. The van der Waals surface area contributed by atoms with Crippen LogP contribution in [0.1, 0.15) is 24.1 Å². The first kappa shape index (κ1) is 19.2. The molecular formula is C18H31N3O2S. The van der Waals surface area contributed by atoms with Crippen molar-refractivity contribution in [1.82, 2.24) is 10.2 Å². The van der Waals surface area contributed by atoms with Gasteiger partial charge in [-0.2, -0.15) is 0 Å². The van der Waals surface area contributed by atoms with E-state index in [4.69, 9.17) is 9.47 Å². The van der Waals surface area contributed by atoms with Crippen molar-refractivity contribution in [2.75, 3.05) is 53.6 Å². The molecule has 1 N–H and O–H groups in total. The SMILES string of the molecule is CN=C(NCCCOCC1CCOCC1)N(C)CCc1cccs1. The van der Waals surface area contributed by atoms with Gasteiger partial charge in [0.25, 0.3) is 0 Å². The van der Waals surface area contributed by atoms with E-state index in [2.05, 4.69) is 39.8 Å². The fourth-order valence-electron chi connectivity index (χ4n) is 2.76. The van der Waals surface area contributed by atoms with Gasteiger partial charge >= 0.3 is 0 Å². The Morgan fingerprint density at radius 2 is 2.29 bits per heavy atom. The van der Waals surface area contributed by atoms with Gasteiger partial charge < -0.3 is 19.7 Å². The first-order valence-electron chi connectivity index (χ1n) is 8.89. The van der Waals surface area contributed by atoms with Crippen molar-refractivity contribution in [3.8, 4) is 0 Å². The minimum absolute atomic E-state index is 0.683. The van der Waals surface area contributed by atoms with Crippen molar-refractivity contribution in [1.29, 1.82) is 0 Å². The highest BCUT2D eigenvalue weighted by molar-refractivity contribution is 7.09. The first-order chi connectivity index (χ1) is 11.8. The second kappa shape index (κ2) is 11.4. The summed E-state index contributed by atoms with van der Waals surface area (Å²) in [6, 6.07) is 4.29. The summed E-state index contributed by atoms with van der Waals surface area (Å²) in [6.07, 6.45) is 4.34. The monoisotopic (exact) mass is 353 g/mol. The van der Waals surface area contributed by atoms with E-state index >= 15 is 0 Å². The Hall–Kier alpha value is -1.11. The minimum Gasteiger partial charge on any atom is -0.381 e. The van der Waals surface area contributed by atoms with Crippen molar-refractivity contribution in [2.45, 2.75) is 25.7 Å². The topological polar surface area (TPSA) is 46.1 Å². The maximum Gasteiger partial charge on any atom is 0.193 e. The highest BCUT2D eigenvalue weighted by atomic mass is 32.1. The molecule has 0 saturated carbocycles. The average Bonchev–Trinajstić information content (AvgIpc) is 3.13. The van der Waals surface area contributed by atoms with Crippen molar-refractivity contribution in [2.24, 2.45) is 10.9 Å². The van der Waals surface area contributed by atoms with Crippen LogP contribution in [0.2, 0.25) is 0 Å². The second-order valence-corrected chi connectivity index (χ2v) is 7.24. The number of likely N-dealkylation sites (N-methyl/N-ethyl adjacent to an activating group) is 1. The van der Waals surface area contributed by atoms with Gasteiger partial charge in [0.05, 0.1) is 0 Å². The van der Waals surface area contributed by atoms with E-state index in [1.54, 1.807) is 0 Å². The van der Waals surface area contributed by atoms with E-state index in [1.165, 1.54) is 4.88 Å². The lowest BCUT2D eigenvalue weighted by Gasteiger charge is -2.23. The van der Waals surface area contributed by atoms with Gasteiger partial charge in [0, 0.05) is 58.5 Å². The van der Waals surface area contributed by atoms with Crippen LogP contribution in [0.4, 0.5) is 0 Å². The Balaban J connectivity index is 1.52. The highest BCUT2D eigenvalue weighted by Crippen LogP contribution is 2.14. The number of guanidine groups is 1. The maximum atomic E-state index is 5.80. The van der Waals surface area contributed by atoms with E-state index in [0.29, 0.717) is 5.92 Å². The van der Waals surface area contributed by atoms with E-state index in [1.807, 2.05) is 18.4 Å². The standard InChI is InChI=1S/C18H31N3O2S/c1-19-18(21(2)10-6-17-5-3-14-24-17)20-9-4-11-23-15-16-7-12-22-13-8-16/h3,5,14,16H,4,6-13,15H2,1-2H3,(H,19,20). The average molecular weight is 354 g/mol. The molecule has 2 heterocycles. The molecule has 0 aromatic carbocycles. The highest BCUT2D eigenvalue weighted by Gasteiger charge is 2.13.